The standard InChI is InChI=1S/C35H33N3O6S/c1-3-43-34(41)30-31(24-9-5-4-6-10-24)36-35-38(32(30)25-13-17-26(42-2)18-14-25)33(40)28(45-35)21-23-11-15-27(16-12-23)44-22-29(39)37-19-7-8-20-37/h4-6,9-18,21,32H,3,7-8,19-20,22H2,1-2H3/b28-21+/t32-/m0/s1. The summed E-state index contributed by atoms with van der Waals surface area (Å²) in [6.45, 7) is 3.49. The minimum Gasteiger partial charge on any atom is -0.497 e. The van der Waals surface area contributed by atoms with Gasteiger partial charge in [0.05, 0.1) is 35.6 Å². The number of methoxy groups -OCH3 is 1. The highest BCUT2D eigenvalue weighted by molar-refractivity contribution is 7.07. The van der Waals surface area contributed by atoms with Gasteiger partial charge < -0.3 is 19.1 Å². The van der Waals surface area contributed by atoms with Gasteiger partial charge in [0, 0.05) is 18.7 Å². The molecule has 1 fully saturated rings. The number of fused-ring (bicyclic) bond motifs is 1. The number of rotatable bonds is 9. The largest absolute Gasteiger partial charge is 0.497 e. The molecule has 6 rings (SSSR count). The normalized spacial score (nSPS) is 16.3. The first-order chi connectivity index (χ1) is 22.0. The van der Waals surface area contributed by atoms with Crippen LogP contribution in [0.25, 0.3) is 11.8 Å². The summed E-state index contributed by atoms with van der Waals surface area (Å²) in [6, 6.07) is 23.2. The molecule has 230 valence electrons. The Bertz CT molecular complexity index is 1900. The molecular weight excluding hydrogens is 590 g/mol. The molecule has 1 saturated heterocycles. The third kappa shape index (κ3) is 6.32. The van der Waals surface area contributed by atoms with Crippen molar-refractivity contribution in [3.63, 3.8) is 0 Å². The summed E-state index contributed by atoms with van der Waals surface area (Å²) in [5.41, 5.74) is 2.73. The van der Waals surface area contributed by atoms with Crippen LogP contribution >= 0.6 is 11.3 Å². The maximum absolute atomic E-state index is 14.1. The summed E-state index contributed by atoms with van der Waals surface area (Å²) in [5.74, 6) is 0.686. The topological polar surface area (TPSA) is 99.4 Å². The number of hydrogen-bond donors (Lipinski definition) is 0. The van der Waals surface area contributed by atoms with E-state index < -0.39 is 12.0 Å². The van der Waals surface area contributed by atoms with E-state index in [1.54, 1.807) is 48.9 Å². The van der Waals surface area contributed by atoms with Gasteiger partial charge in [-0.3, -0.25) is 14.2 Å². The second kappa shape index (κ2) is 13.4. The van der Waals surface area contributed by atoms with Crippen LogP contribution in [0.1, 0.15) is 42.5 Å². The van der Waals surface area contributed by atoms with E-state index in [2.05, 4.69) is 0 Å². The third-order valence-corrected chi connectivity index (χ3v) is 8.79. The Balaban J connectivity index is 1.41. The quantitative estimate of drug-likeness (QED) is 0.262. The average molecular weight is 624 g/mol. The van der Waals surface area contributed by atoms with Crippen molar-refractivity contribution in [3.05, 3.63) is 121 Å². The van der Waals surface area contributed by atoms with Crippen LogP contribution in [0.4, 0.5) is 0 Å². The Hall–Kier alpha value is -4.96. The van der Waals surface area contributed by atoms with E-state index in [0.717, 1.165) is 42.6 Å². The summed E-state index contributed by atoms with van der Waals surface area (Å²) < 4.78 is 18.6. The first-order valence-corrected chi connectivity index (χ1v) is 15.7. The summed E-state index contributed by atoms with van der Waals surface area (Å²) in [5, 5.41) is 0. The first kappa shape index (κ1) is 30.1. The smallest absolute Gasteiger partial charge is 0.338 e. The molecule has 9 nitrogen and oxygen atoms in total. The number of carbonyl (C=O) groups is 2. The van der Waals surface area contributed by atoms with E-state index in [-0.39, 0.29) is 30.3 Å². The lowest BCUT2D eigenvalue weighted by molar-refractivity contribution is -0.139. The van der Waals surface area contributed by atoms with Gasteiger partial charge in [0.1, 0.15) is 11.5 Å². The van der Waals surface area contributed by atoms with Crippen molar-refractivity contribution in [1.29, 1.82) is 0 Å². The highest BCUT2D eigenvalue weighted by atomic mass is 32.1. The highest BCUT2D eigenvalue weighted by Crippen LogP contribution is 2.35. The van der Waals surface area contributed by atoms with Gasteiger partial charge in [0.25, 0.3) is 11.5 Å². The predicted octanol–water partition coefficient (Wildman–Crippen LogP) is 3.95. The minimum atomic E-state index is -0.771. The first-order valence-electron chi connectivity index (χ1n) is 14.9. The number of nitrogens with zero attached hydrogens (tertiary/aromatic N) is 3. The Morgan fingerprint density at radius 3 is 2.31 bits per heavy atom. The van der Waals surface area contributed by atoms with E-state index >= 15 is 0 Å². The number of ether oxygens (including phenoxy) is 3. The molecule has 0 bridgehead atoms. The molecule has 0 saturated carbocycles. The molecule has 0 unspecified atom stereocenters. The van der Waals surface area contributed by atoms with Crippen molar-refractivity contribution in [2.24, 2.45) is 4.99 Å². The zero-order valence-corrected chi connectivity index (χ0v) is 25.9. The van der Waals surface area contributed by atoms with E-state index in [4.69, 9.17) is 19.2 Å². The fourth-order valence-corrected chi connectivity index (χ4v) is 6.56. The Kier molecular flexibility index (Phi) is 8.93. The molecule has 2 aliphatic heterocycles. The fourth-order valence-electron chi connectivity index (χ4n) is 5.56. The van der Waals surface area contributed by atoms with Crippen LogP contribution in [0.15, 0.2) is 94.2 Å². The molecule has 0 N–H and O–H groups in total. The molecule has 1 amide bonds. The van der Waals surface area contributed by atoms with Gasteiger partial charge in [-0.15, -0.1) is 0 Å². The number of benzene rings is 3. The van der Waals surface area contributed by atoms with Gasteiger partial charge in [-0.1, -0.05) is 65.9 Å². The van der Waals surface area contributed by atoms with E-state index in [0.29, 0.717) is 26.5 Å². The summed E-state index contributed by atoms with van der Waals surface area (Å²) in [7, 11) is 1.59. The van der Waals surface area contributed by atoms with Crippen molar-refractivity contribution in [1.82, 2.24) is 9.47 Å². The van der Waals surface area contributed by atoms with Crippen LogP contribution in [0.3, 0.4) is 0 Å². The van der Waals surface area contributed by atoms with E-state index in [1.807, 2.05) is 59.5 Å². The van der Waals surface area contributed by atoms with Gasteiger partial charge in [-0.2, -0.15) is 0 Å². The Morgan fingerprint density at radius 1 is 0.956 bits per heavy atom. The fraction of sp³-hybridized carbons (Fsp3) is 0.257. The number of carbonyl (C=O) groups excluding carboxylic acids is 2. The zero-order chi connectivity index (χ0) is 31.3. The maximum atomic E-state index is 14.1. The van der Waals surface area contributed by atoms with Gasteiger partial charge in [-0.05, 0) is 61.2 Å². The molecule has 0 radical (unpaired) electrons. The second-order valence-electron chi connectivity index (χ2n) is 10.7. The lowest BCUT2D eigenvalue weighted by Crippen LogP contribution is -2.40. The second-order valence-corrected chi connectivity index (χ2v) is 11.7. The Morgan fingerprint density at radius 2 is 1.64 bits per heavy atom. The molecule has 0 spiro atoms. The Labute approximate surface area is 264 Å². The molecule has 3 heterocycles. The maximum Gasteiger partial charge on any atom is 0.338 e. The van der Waals surface area contributed by atoms with Crippen LogP contribution < -0.4 is 24.4 Å². The van der Waals surface area contributed by atoms with Crippen molar-refractivity contribution in [2.45, 2.75) is 25.8 Å². The SMILES string of the molecule is CCOC(=O)C1=C(c2ccccc2)N=c2s/c(=C/c3ccc(OCC(=O)N4CCCC4)cc3)c(=O)n2[C@H]1c1ccc(OC)cc1. The van der Waals surface area contributed by atoms with Gasteiger partial charge in [0.2, 0.25) is 0 Å². The molecule has 1 atom stereocenters. The summed E-state index contributed by atoms with van der Waals surface area (Å²) >= 11 is 1.26. The van der Waals surface area contributed by atoms with Crippen molar-refractivity contribution in [2.75, 3.05) is 33.4 Å². The van der Waals surface area contributed by atoms with Crippen molar-refractivity contribution in [3.8, 4) is 11.5 Å². The molecule has 4 aromatic rings. The van der Waals surface area contributed by atoms with Gasteiger partial charge in [0.15, 0.2) is 11.4 Å². The average Bonchev–Trinajstić information content (AvgIpc) is 3.73. The van der Waals surface area contributed by atoms with Gasteiger partial charge in [-0.25, -0.2) is 9.79 Å². The van der Waals surface area contributed by atoms with Crippen LogP contribution in [0.5, 0.6) is 11.5 Å². The monoisotopic (exact) mass is 623 g/mol. The highest BCUT2D eigenvalue weighted by Gasteiger charge is 2.35. The minimum absolute atomic E-state index is 0.00411. The number of hydrogen-bond acceptors (Lipinski definition) is 8. The van der Waals surface area contributed by atoms with Crippen LogP contribution in [-0.2, 0) is 14.3 Å². The molecule has 45 heavy (non-hydrogen) atoms. The van der Waals surface area contributed by atoms with Crippen LogP contribution in [0, 0.1) is 0 Å². The number of likely N-dealkylation sites (tertiary alicyclic amines) is 1. The summed E-state index contributed by atoms with van der Waals surface area (Å²) in [4.78, 5) is 47.2. The molecule has 10 heteroatoms. The third-order valence-electron chi connectivity index (χ3n) is 7.80. The lowest BCUT2D eigenvalue weighted by Gasteiger charge is -2.26. The van der Waals surface area contributed by atoms with Gasteiger partial charge >= 0.3 is 5.97 Å². The van der Waals surface area contributed by atoms with E-state index in [9.17, 15) is 14.4 Å². The van der Waals surface area contributed by atoms with Crippen molar-refractivity contribution >= 4 is 35.0 Å². The number of thiazole rings is 1. The molecule has 0 aliphatic carbocycles. The molecule has 1 aromatic heterocycles. The van der Waals surface area contributed by atoms with Crippen molar-refractivity contribution < 1.29 is 23.8 Å². The van der Waals surface area contributed by atoms with Crippen LogP contribution in [0.2, 0.25) is 0 Å². The predicted molar refractivity (Wildman–Crippen MR) is 172 cm³/mol. The number of aromatic nitrogens is 1. The molecular formula is C35H33N3O6S. The van der Waals surface area contributed by atoms with Crippen LogP contribution in [-0.4, -0.2) is 54.8 Å². The number of amides is 1. The zero-order valence-electron chi connectivity index (χ0n) is 25.1. The lowest BCUT2D eigenvalue weighted by atomic mass is 9.93. The molecule has 3 aromatic carbocycles. The van der Waals surface area contributed by atoms with E-state index in [1.165, 1.54) is 11.3 Å². The number of esters is 1. The molecule has 2 aliphatic rings. The summed E-state index contributed by atoms with van der Waals surface area (Å²) in [6.07, 6.45) is 3.86.